The number of benzene rings is 2. The number of hydrogen-bond acceptors (Lipinski definition) is 6. The fourth-order valence-electron chi connectivity index (χ4n) is 1.92. The van der Waals surface area contributed by atoms with Gasteiger partial charge in [-0.15, -0.1) is 0 Å². The van der Waals surface area contributed by atoms with E-state index in [1.54, 1.807) is 19.1 Å². The number of hydrazone groups is 1. The van der Waals surface area contributed by atoms with E-state index in [1.165, 1.54) is 30.5 Å². The van der Waals surface area contributed by atoms with E-state index in [2.05, 4.69) is 10.5 Å². The minimum atomic E-state index is -0.576. The number of amides is 1. The van der Waals surface area contributed by atoms with Crippen LogP contribution in [0, 0.1) is 13.7 Å². The monoisotopic (exact) mass is 455 g/mol. The predicted octanol–water partition coefficient (Wildman–Crippen LogP) is 3.07. The molecule has 0 radical (unpaired) electrons. The highest BCUT2D eigenvalue weighted by molar-refractivity contribution is 14.1. The van der Waals surface area contributed by atoms with Crippen molar-refractivity contribution in [3.05, 3.63) is 61.2 Å². The van der Waals surface area contributed by atoms with Crippen LogP contribution in [0.4, 0.5) is 5.69 Å². The lowest BCUT2D eigenvalue weighted by molar-refractivity contribution is -0.384. The fourth-order valence-corrected chi connectivity index (χ4v) is 2.55. The molecule has 2 aromatic rings. The molecule has 0 heterocycles. The van der Waals surface area contributed by atoms with Gasteiger partial charge >= 0.3 is 0 Å². The molecule has 0 aliphatic rings. The quantitative estimate of drug-likeness (QED) is 0.301. The molecule has 130 valence electrons. The minimum absolute atomic E-state index is 0.0419. The van der Waals surface area contributed by atoms with Gasteiger partial charge in [0.2, 0.25) is 0 Å². The summed E-state index contributed by atoms with van der Waals surface area (Å²) in [4.78, 5) is 22.1. The van der Waals surface area contributed by atoms with Gasteiger partial charge in [0.25, 0.3) is 11.6 Å². The topological polar surface area (TPSA) is 114 Å². The third kappa shape index (κ3) is 4.89. The van der Waals surface area contributed by atoms with Crippen molar-refractivity contribution >= 4 is 40.4 Å². The first kappa shape index (κ1) is 18.6. The lowest BCUT2D eigenvalue weighted by Crippen LogP contribution is -2.17. The van der Waals surface area contributed by atoms with Crippen molar-refractivity contribution < 1.29 is 19.6 Å². The first-order valence-electron chi connectivity index (χ1n) is 7.15. The molecule has 0 bridgehead atoms. The first-order valence-corrected chi connectivity index (χ1v) is 8.23. The highest BCUT2D eigenvalue weighted by Gasteiger charge is 2.11. The molecule has 2 rings (SSSR count). The number of rotatable bonds is 6. The zero-order valence-electron chi connectivity index (χ0n) is 13.1. The van der Waals surface area contributed by atoms with E-state index >= 15 is 0 Å². The zero-order chi connectivity index (χ0) is 18.4. The second kappa shape index (κ2) is 8.42. The van der Waals surface area contributed by atoms with Crippen molar-refractivity contribution in [3.8, 4) is 11.5 Å². The number of nitrogens with one attached hydrogen (secondary N) is 1. The van der Waals surface area contributed by atoms with Crippen LogP contribution < -0.4 is 10.2 Å². The van der Waals surface area contributed by atoms with Gasteiger partial charge in [-0.05, 0) is 53.3 Å². The third-order valence-corrected chi connectivity index (χ3v) is 3.87. The van der Waals surface area contributed by atoms with Gasteiger partial charge in [0.1, 0.15) is 0 Å². The Morgan fingerprint density at radius 3 is 2.88 bits per heavy atom. The van der Waals surface area contributed by atoms with Crippen LogP contribution in [-0.2, 0) is 0 Å². The number of halogens is 1. The third-order valence-electron chi connectivity index (χ3n) is 3.05. The standard InChI is InChI=1S/C16H14IN3O5/c1-2-25-14-7-10(6-13(17)15(14)21)9-18-19-16(22)11-4-3-5-12(8-11)20(23)24/h3-9,21H,2H2,1H3,(H,19,22)/b18-9-. The van der Waals surface area contributed by atoms with Crippen molar-refractivity contribution in [2.45, 2.75) is 6.92 Å². The van der Waals surface area contributed by atoms with E-state index in [1.807, 2.05) is 22.6 Å². The van der Waals surface area contributed by atoms with Crippen molar-refractivity contribution in [1.82, 2.24) is 5.43 Å². The smallest absolute Gasteiger partial charge is 0.271 e. The van der Waals surface area contributed by atoms with E-state index < -0.39 is 10.8 Å². The number of phenolic OH excluding ortho intramolecular Hbond substituents is 1. The normalized spacial score (nSPS) is 10.6. The van der Waals surface area contributed by atoms with E-state index in [-0.39, 0.29) is 17.0 Å². The average Bonchev–Trinajstić information content (AvgIpc) is 2.59. The molecule has 9 heteroatoms. The molecule has 2 N–H and O–H groups in total. The van der Waals surface area contributed by atoms with Crippen LogP contribution in [0.2, 0.25) is 0 Å². The number of nitro benzene ring substituents is 1. The molecule has 0 aromatic heterocycles. The summed E-state index contributed by atoms with van der Waals surface area (Å²) in [5, 5.41) is 24.4. The van der Waals surface area contributed by atoms with Gasteiger partial charge in [0.05, 0.1) is 21.3 Å². The molecule has 0 unspecified atom stereocenters. The molecule has 0 fully saturated rings. The van der Waals surface area contributed by atoms with Gasteiger partial charge in [-0.25, -0.2) is 5.43 Å². The number of phenols is 1. The van der Waals surface area contributed by atoms with Crippen LogP contribution in [0.1, 0.15) is 22.8 Å². The maximum atomic E-state index is 12.0. The summed E-state index contributed by atoms with van der Waals surface area (Å²) in [6.07, 6.45) is 1.39. The average molecular weight is 455 g/mol. The molecule has 0 spiro atoms. The Balaban J connectivity index is 2.11. The van der Waals surface area contributed by atoms with Crippen molar-refractivity contribution in [2.24, 2.45) is 5.10 Å². The van der Waals surface area contributed by atoms with Crippen molar-refractivity contribution in [3.63, 3.8) is 0 Å². The summed E-state index contributed by atoms with van der Waals surface area (Å²) < 4.78 is 5.90. The zero-order valence-corrected chi connectivity index (χ0v) is 15.3. The van der Waals surface area contributed by atoms with Crippen LogP contribution >= 0.6 is 22.6 Å². The second-order valence-corrected chi connectivity index (χ2v) is 5.95. The fraction of sp³-hybridized carbons (Fsp3) is 0.125. The molecule has 0 saturated heterocycles. The van der Waals surface area contributed by atoms with Gasteiger partial charge in [0.15, 0.2) is 11.5 Å². The molecule has 0 atom stereocenters. The lowest BCUT2D eigenvalue weighted by atomic mass is 10.2. The van der Waals surface area contributed by atoms with Crippen molar-refractivity contribution in [1.29, 1.82) is 0 Å². The molecule has 0 aliphatic heterocycles. The van der Waals surface area contributed by atoms with E-state index in [9.17, 15) is 20.0 Å². The predicted molar refractivity (Wildman–Crippen MR) is 100 cm³/mol. The molecule has 0 saturated carbocycles. The van der Waals surface area contributed by atoms with E-state index in [4.69, 9.17) is 4.74 Å². The Morgan fingerprint density at radius 1 is 1.44 bits per heavy atom. The number of nitrogens with zero attached hydrogens (tertiary/aromatic N) is 2. The Kier molecular flexibility index (Phi) is 6.28. The lowest BCUT2D eigenvalue weighted by Gasteiger charge is -2.08. The first-order chi connectivity index (χ1) is 11.9. The Bertz CT molecular complexity index is 839. The molecule has 2 aromatic carbocycles. The molecule has 25 heavy (non-hydrogen) atoms. The SMILES string of the molecule is CCOc1cc(/C=N\NC(=O)c2cccc([N+](=O)[O-])c2)cc(I)c1O. The number of carbonyl (C=O) groups excluding carboxylic acids is 1. The Hall–Kier alpha value is -2.69. The van der Waals surface area contributed by atoms with Gasteiger partial charge in [-0.3, -0.25) is 14.9 Å². The number of carbonyl (C=O) groups is 1. The Morgan fingerprint density at radius 2 is 2.20 bits per heavy atom. The van der Waals surface area contributed by atoms with Crippen LogP contribution in [0.25, 0.3) is 0 Å². The number of hydrogen-bond donors (Lipinski definition) is 2. The summed E-state index contributed by atoms with van der Waals surface area (Å²) in [7, 11) is 0. The summed E-state index contributed by atoms with van der Waals surface area (Å²) in [6.45, 7) is 2.19. The molecular formula is C16H14IN3O5. The number of aromatic hydroxyl groups is 1. The number of non-ortho nitro benzene ring substituents is 1. The van der Waals surface area contributed by atoms with Gasteiger partial charge in [-0.1, -0.05) is 6.07 Å². The van der Waals surface area contributed by atoms with Gasteiger partial charge < -0.3 is 9.84 Å². The molecule has 1 amide bonds. The van der Waals surface area contributed by atoms with Crippen LogP contribution in [0.3, 0.4) is 0 Å². The highest BCUT2D eigenvalue weighted by Crippen LogP contribution is 2.32. The van der Waals surface area contributed by atoms with E-state index in [0.717, 1.165) is 0 Å². The van der Waals surface area contributed by atoms with Crippen LogP contribution in [-0.4, -0.2) is 28.8 Å². The van der Waals surface area contributed by atoms with E-state index in [0.29, 0.717) is 21.5 Å². The molecule has 0 aliphatic carbocycles. The number of ether oxygens (including phenoxy) is 1. The van der Waals surface area contributed by atoms with Crippen molar-refractivity contribution in [2.75, 3.05) is 6.61 Å². The minimum Gasteiger partial charge on any atom is -0.504 e. The maximum absolute atomic E-state index is 12.0. The largest absolute Gasteiger partial charge is 0.504 e. The van der Waals surface area contributed by atoms with Crippen LogP contribution in [0.15, 0.2) is 41.5 Å². The van der Waals surface area contributed by atoms with Gasteiger partial charge in [0, 0.05) is 17.7 Å². The highest BCUT2D eigenvalue weighted by atomic mass is 127. The summed E-state index contributed by atoms with van der Waals surface area (Å²) in [5.41, 5.74) is 2.87. The Labute approximate surface area is 156 Å². The van der Waals surface area contributed by atoms with Gasteiger partial charge in [-0.2, -0.15) is 5.10 Å². The second-order valence-electron chi connectivity index (χ2n) is 4.79. The number of nitro groups is 1. The maximum Gasteiger partial charge on any atom is 0.271 e. The molecular weight excluding hydrogens is 441 g/mol. The summed E-state index contributed by atoms with van der Waals surface area (Å²) >= 11 is 1.96. The van der Waals surface area contributed by atoms with Crippen LogP contribution in [0.5, 0.6) is 11.5 Å². The summed E-state index contributed by atoms with van der Waals surface area (Å²) in [6, 6.07) is 8.60. The summed E-state index contributed by atoms with van der Waals surface area (Å²) in [5.74, 6) is -0.209. The molecule has 8 nitrogen and oxygen atoms in total.